The molecule has 0 fully saturated rings. The Bertz CT molecular complexity index is 719. The molecule has 0 aromatic heterocycles. The molecule has 0 aliphatic carbocycles. The molecule has 2 rings (SSSR count). The lowest BCUT2D eigenvalue weighted by Gasteiger charge is -2.17. The van der Waals surface area contributed by atoms with Gasteiger partial charge in [-0.25, -0.2) is 4.39 Å². The number of nitro benzene ring substituents is 1. The predicted octanol–water partition coefficient (Wildman–Crippen LogP) is 2.81. The van der Waals surface area contributed by atoms with Crippen molar-refractivity contribution in [2.45, 2.75) is 6.42 Å². The fraction of sp³-hybridized carbons (Fsp3) is 0.235. The largest absolute Gasteiger partial charge is 0.489 e. The number of non-ortho nitro benzene ring substituents is 1. The lowest BCUT2D eigenvalue weighted by Crippen LogP contribution is -2.32. The standard InChI is InChI=1S/C17H17FN2O4/c1-19(10-11-24-16-5-3-2-4-15(16)18)17(21)12-13-6-8-14(9-7-13)20(22)23/h2-9H,10-12H2,1H3. The Kier molecular flexibility index (Phi) is 5.83. The zero-order valence-electron chi connectivity index (χ0n) is 13.1. The van der Waals surface area contributed by atoms with E-state index < -0.39 is 10.7 Å². The van der Waals surface area contributed by atoms with Gasteiger partial charge in [-0.3, -0.25) is 14.9 Å². The zero-order chi connectivity index (χ0) is 17.5. The molecular weight excluding hydrogens is 315 g/mol. The lowest BCUT2D eigenvalue weighted by atomic mass is 10.1. The molecule has 0 heterocycles. The van der Waals surface area contributed by atoms with Gasteiger partial charge in [-0.1, -0.05) is 24.3 Å². The highest BCUT2D eigenvalue weighted by molar-refractivity contribution is 5.78. The van der Waals surface area contributed by atoms with Crippen molar-refractivity contribution >= 4 is 11.6 Å². The highest BCUT2D eigenvalue weighted by Crippen LogP contribution is 2.15. The van der Waals surface area contributed by atoms with Gasteiger partial charge in [0, 0.05) is 19.2 Å². The Hall–Kier alpha value is -2.96. The number of likely N-dealkylation sites (N-methyl/N-ethyl adjacent to an activating group) is 1. The molecule has 6 nitrogen and oxygen atoms in total. The number of hydrogen-bond donors (Lipinski definition) is 0. The summed E-state index contributed by atoms with van der Waals surface area (Å²) in [7, 11) is 1.62. The van der Waals surface area contributed by atoms with E-state index in [1.54, 1.807) is 31.3 Å². The molecule has 7 heteroatoms. The molecule has 2 aromatic carbocycles. The number of nitro groups is 1. The maximum Gasteiger partial charge on any atom is 0.269 e. The Morgan fingerprint density at radius 2 is 1.88 bits per heavy atom. The number of carbonyl (C=O) groups excluding carboxylic acids is 1. The van der Waals surface area contributed by atoms with E-state index in [0.29, 0.717) is 12.1 Å². The van der Waals surface area contributed by atoms with Crippen LogP contribution in [0.25, 0.3) is 0 Å². The van der Waals surface area contributed by atoms with Crippen molar-refractivity contribution in [3.8, 4) is 5.75 Å². The van der Waals surface area contributed by atoms with E-state index in [1.165, 1.54) is 29.2 Å². The number of nitrogens with zero attached hydrogens (tertiary/aromatic N) is 2. The Labute approximate surface area is 138 Å². The molecule has 1 amide bonds. The molecule has 0 aliphatic heterocycles. The van der Waals surface area contributed by atoms with Gasteiger partial charge in [-0.15, -0.1) is 0 Å². The molecule has 0 bridgehead atoms. The molecule has 126 valence electrons. The quantitative estimate of drug-likeness (QED) is 0.577. The van der Waals surface area contributed by atoms with Gasteiger partial charge < -0.3 is 9.64 Å². The Morgan fingerprint density at radius 3 is 2.50 bits per heavy atom. The first kappa shape index (κ1) is 17.4. The summed E-state index contributed by atoms with van der Waals surface area (Å²) in [6.07, 6.45) is 0.133. The predicted molar refractivity (Wildman–Crippen MR) is 86.3 cm³/mol. The van der Waals surface area contributed by atoms with E-state index in [1.807, 2.05) is 0 Å². The summed E-state index contributed by atoms with van der Waals surface area (Å²) >= 11 is 0. The van der Waals surface area contributed by atoms with Gasteiger partial charge in [-0.2, -0.15) is 0 Å². The number of halogens is 1. The van der Waals surface area contributed by atoms with Crippen molar-refractivity contribution in [2.75, 3.05) is 20.2 Å². The highest BCUT2D eigenvalue weighted by atomic mass is 19.1. The van der Waals surface area contributed by atoms with Crippen LogP contribution < -0.4 is 4.74 Å². The van der Waals surface area contributed by atoms with Gasteiger partial charge in [0.2, 0.25) is 5.91 Å². The molecule has 0 spiro atoms. The Morgan fingerprint density at radius 1 is 1.21 bits per heavy atom. The number of rotatable bonds is 7. The van der Waals surface area contributed by atoms with E-state index in [0.717, 1.165) is 0 Å². The number of benzene rings is 2. The third-order valence-corrected chi connectivity index (χ3v) is 3.45. The summed E-state index contributed by atoms with van der Waals surface area (Å²) in [5, 5.41) is 10.6. The minimum Gasteiger partial charge on any atom is -0.489 e. The molecule has 0 radical (unpaired) electrons. The van der Waals surface area contributed by atoms with Crippen molar-refractivity contribution in [1.82, 2.24) is 4.90 Å². The first-order valence-corrected chi connectivity index (χ1v) is 7.32. The molecule has 0 atom stereocenters. The van der Waals surface area contributed by atoms with Crippen molar-refractivity contribution in [3.63, 3.8) is 0 Å². The average Bonchev–Trinajstić information content (AvgIpc) is 2.57. The normalized spacial score (nSPS) is 10.2. The molecule has 24 heavy (non-hydrogen) atoms. The second-order valence-corrected chi connectivity index (χ2v) is 5.19. The second kappa shape index (κ2) is 8.05. The van der Waals surface area contributed by atoms with Crippen molar-refractivity contribution in [2.24, 2.45) is 0 Å². The van der Waals surface area contributed by atoms with Crippen LogP contribution in [-0.2, 0) is 11.2 Å². The van der Waals surface area contributed by atoms with Crippen LogP contribution in [0.5, 0.6) is 5.75 Å². The summed E-state index contributed by atoms with van der Waals surface area (Å²) in [5.74, 6) is -0.452. The summed E-state index contributed by atoms with van der Waals surface area (Å²) in [5.41, 5.74) is 0.672. The molecule has 0 unspecified atom stereocenters. The monoisotopic (exact) mass is 332 g/mol. The maximum atomic E-state index is 13.4. The average molecular weight is 332 g/mol. The second-order valence-electron chi connectivity index (χ2n) is 5.19. The summed E-state index contributed by atoms with van der Waals surface area (Å²) < 4.78 is 18.7. The number of carbonyl (C=O) groups is 1. The van der Waals surface area contributed by atoms with Gasteiger partial charge in [0.1, 0.15) is 6.61 Å². The number of ether oxygens (including phenoxy) is 1. The molecule has 2 aromatic rings. The first-order valence-electron chi connectivity index (χ1n) is 7.32. The van der Waals surface area contributed by atoms with Crippen LogP contribution >= 0.6 is 0 Å². The third-order valence-electron chi connectivity index (χ3n) is 3.45. The fourth-order valence-corrected chi connectivity index (χ4v) is 2.02. The van der Waals surface area contributed by atoms with Crippen molar-refractivity contribution in [1.29, 1.82) is 0 Å². The highest BCUT2D eigenvalue weighted by Gasteiger charge is 2.12. The minimum absolute atomic E-state index is 0.0159. The Balaban J connectivity index is 1.81. The lowest BCUT2D eigenvalue weighted by molar-refractivity contribution is -0.384. The molecule has 0 saturated carbocycles. The summed E-state index contributed by atoms with van der Waals surface area (Å²) in [4.78, 5) is 23.7. The maximum absolute atomic E-state index is 13.4. The van der Waals surface area contributed by atoms with Gasteiger partial charge >= 0.3 is 0 Å². The SMILES string of the molecule is CN(CCOc1ccccc1F)C(=O)Cc1ccc([N+](=O)[O-])cc1. The van der Waals surface area contributed by atoms with Gasteiger partial charge in [0.15, 0.2) is 11.6 Å². The van der Waals surface area contributed by atoms with Crippen LogP contribution in [0.3, 0.4) is 0 Å². The van der Waals surface area contributed by atoms with Crippen LogP contribution in [-0.4, -0.2) is 35.9 Å². The van der Waals surface area contributed by atoms with E-state index in [-0.39, 0.29) is 30.4 Å². The zero-order valence-corrected chi connectivity index (χ0v) is 13.1. The number of amides is 1. The van der Waals surface area contributed by atoms with Crippen LogP contribution in [0.15, 0.2) is 48.5 Å². The summed E-state index contributed by atoms with van der Waals surface area (Å²) in [6, 6.07) is 11.9. The molecule has 0 saturated heterocycles. The topological polar surface area (TPSA) is 72.7 Å². The summed E-state index contributed by atoms with van der Waals surface area (Å²) in [6.45, 7) is 0.476. The van der Waals surface area contributed by atoms with Gasteiger partial charge in [0.05, 0.1) is 17.9 Å². The van der Waals surface area contributed by atoms with Gasteiger partial charge in [0.25, 0.3) is 5.69 Å². The van der Waals surface area contributed by atoms with Crippen molar-refractivity contribution in [3.05, 3.63) is 70.0 Å². The molecule has 0 N–H and O–H groups in total. The van der Waals surface area contributed by atoms with E-state index in [4.69, 9.17) is 4.74 Å². The van der Waals surface area contributed by atoms with Gasteiger partial charge in [-0.05, 0) is 17.7 Å². The number of hydrogen-bond acceptors (Lipinski definition) is 4. The smallest absolute Gasteiger partial charge is 0.269 e. The van der Waals surface area contributed by atoms with E-state index in [9.17, 15) is 19.3 Å². The first-order chi connectivity index (χ1) is 11.5. The molecule has 0 aliphatic rings. The van der Waals surface area contributed by atoms with Crippen LogP contribution in [0.4, 0.5) is 10.1 Å². The van der Waals surface area contributed by atoms with Crippen LogP contribution in [0.1, 0.15) is 5.56 Å². The molecular formula is C17H17FN2O4. The number of para-hydroxylation sites is 1. The van der Waals surface area contributed by atoms with Crippen LogP contribution in [0, 0.1) is 15.9 Å². The van der Waals surface area contributed by atoms with Crippen molar-refractivity contribution < 1.29 is 18.8 Å². The third kappa shape index (κ3) is 4.77. The minimum atomic E-state index is -0.488. The van der Waals surface area contributed by atoms with E-state index >= 15 is 0 Å². The van der Waals surface area contributed by atoms with E-state index in [2.05, 4.69) is 0 Å². The fourth-order valence-electron chi connectivity index (χ4n) is 2.02. The van der Waals surface area contributed by atoms with Crippen LogP contribution in [0.2, 0.25) is 0 Å².